The zero-order chi connectivity index (χ0) is 17.4. The molecule has 23 heavy (non-hydrogen) atoms. The summed E-state index contributed by atoms with van der Waals surface area (Å²) in [5.74, 6) is -2.08. The summed E-state index contributed by atoms with van der Waals surface area (Å²) in [6.07, 6.45) is 11.7. The molecule has 0 aliphatic carbocycles. The molecule has 0 fully saturated rings. The van der Waals surface area contributed by atoms with Gasteiger partial charge in [-0.15, -0.1) is 0 Å². The number of rotatable bonds is 15. The minimum Gasteiger partial charge on any atom is -0.459 e. The number of esters is 1. The number of alkyl halides is 3. The summed E-state index contributed by atoms with van der Waals surface area (Å²) in [5.41, 5.74) is 0. The van der Waals surface area contributed by atoms with E-state index in [1.54, 1.807) is 0 Å². The van der Waals surface area contributed by atoms with Crippen LogP contribution in [0.4, 0.5) is 13.2 Å². The maximum absolute atomic E-state index is 11.9. The van der Waals surface area contributed by atoms with E-state index in [4.69, 9.17) is 0 Å². The molecule has 0 heterocycles. The number of ether oxygens (including phenoxy) is 1. The van der Waals surface area contributed by atoms with Crippen molar-refractivity contribution in [1.82, 2.24) is 0 Å². The molecule has 138 valence electrons. The van der Waals surface area contributed by atoms with Crippen LogP contribution in [0.15, 0.2) is 0 Å². The van der Waals surface area contributed by atoms with Crippen LogP contribution in [0.3, 0.4) is 0 Å². The van der Waals surface area contributed by atoms with Gasteiger partial charge in [0.2, 0.25) is 0 Å². The van der Waals surface area contributed by atoms with Gasteiger partial charge in [-0.05, 0) is 6.42 Å². The molecule has 0 radical (unpaired) electrons. The highest BCUT2D eigenvalue weighted by atomic mass is 19.4. The Hall–Kier alpha value is -0.740. The minimum absolute atomic E-state index is 0.129. The Bertz CT molecular complexity index is 278. The van der Waals surface area contributed by atoms with E-state index < -0.39 is 12.1 Å². The molecule has 0 rings (SSSR count). The Morgan fingerprint density at radius 3 is 1.39 bits per heavy atom. The topological polar surface area (TPSA) is 26.3 Å². The van der Waals surface area contributed by atoms with Crippen LogP contribution in [0.5, 0.6) is 0 Å². The van der Waals surface area contributed by atoms with Crippen LogP contribution in [0.1, 0.15) is 96.8 Å². The summed E-state index contributed by atoms with van der Waals surface area (Å²) < 4.78 is 39.7. The lowest BCUT2D eigenvalue weighted by atomic mass is 10.0. The van der Waals surface area contributed by atoms with Crippen LogP contribution in [-0.2, 0) is 9.53 Å². The van der Waals surface area contributed by atoms with E-state index >= 15 is 0 Å². The molecule has 5 heteroatoms. The number of unbranched alkanes of at least 4 members (excludes halogenated alkanes) is 13. The van der Waals surface area contributed by atoms with E-state index in [-0.39, 0.29) is 6.61 Å². The molecule has 0 saturated heterocycles. The van der Waals surface area contributed by atoms with Crippen LogP contribution < -0.4 is 0 Å². The Morgan fingerprint density at radius 2 is 1.04 bits per heavy atom. The monoisotopic (exact) mass is 338 g/mol. The van der Waals surface area contributed by atoms with Crippen molar-refractivity contribution in [1.29, 1.82) is 0 Å². The van der Waals surface area contributed by atoms with Gasteiger partial charge < -0.3 is 4.74 Å². The molecule has 0 spiro atoms. The first-order valence-electron chi connectivity index (χ1n) is 9.22. The highest BCUT2D eigenvalue weighted by Gasteiger charge is 2.40. The zero-order valence-corrected chi connectivity index (χ0v) is 14.6. The summed E-state index contributed by atoms with van der Waals surface area (Å²) in [7, 11) is 0. The smallest absolute Gasteiger partial charge is 0.459 e. The summed E-state index contributed by atoms with van der Waals surface area (Å²) in [6.45, 7) is 2.10. The van der Waals surface area contributed by atoms with Gasteiger partial charge in [0.05, 0.1) is 6.61 Å². The fourth-order valence-corrected chi connectivity index (χ4v) is 2.54. The molecular weight excluding hydrogens is 305 g/mol. The van der Waals surface area contributed by atoms with E-state index in [9.17, 15) is 18.0 Å². The van der Waals surface area contributed by atoms with Gasteiger partial charge in [-0.1, -0.05) is 90.4 Å². The van der Waals surface area contributed by atoms with Gasteiger partial charge in [0.1, 0.15) is 0 Å². The lowest BCUT2D eigenvalue weighted by Gasteiger charge is -2.07. The maximum Gasteiger partial charge on any atom is 0.490 e. The highest BCUT2D eigenvalue weighted by molar-refractivity contribution is 5.75. The average molecular weight is 338 g/mol. The molecule has 0 N–H and O–H groups in total. The minimum atomic E-state index is -4.87. The Labute approximate surface area is 139 Å². The van der Waals surface area contributed by atoms with E-state index in [1.165, 1.54) is 64.2 Å². The molecular formula is C18H33F3O2. The Morgan fingerprint density at radius 1 is 0.696 bits per heavy atom. The van der Waals surface area contributed by atoms with Crippen molar-refractivity contribution in [2.75, 3.05) is 6.61 Å². The molecule has 0 aromatic rings. The number of halogens is 3. The largest absolute Gasteiger partial charge is 0.490 e. The molecule has 0 saturated carbocycles. The Kier molecular flexibility index (Phi) is 14.4. The van der Waals surface area contributed by atoms with Crippen LogP contribution in [-0.4, -0.2) is 18.8 Å². The van der Waals surface area contributed by atoms with Gasteiger partial charge >= 0.3 is 12.1 Å². The zero-order valence-electron chi connectivity index (χ0n) is 14.6. The van der Waals surface area contributed by atoms with Crippen molar-refractivity contribution in [3.8, 4) is 0 Å². The molecule has 0 atom stereocenters. The molecule has 0 aliphatic rings. The van der Waals surface area contributed by atoms with Crippen molar-refractivity contribution in [2.24, 2.45) is 0 Å². The van der Waals surface area contributed by atoms with E-state index in [2.05, 4.69) is 11.7 Å². The maximum atomic E-state index is 11.9. The molecule has 0 bridgehead atoms. The predicted octanol–water partition coefficient (Wildman–Crippen LogP) is 6.57. The first-order chi connectivity index (χ1) is 11.0. The number of carbonyl (C=O) groups excluding carboxylic acids is 1. The molecule has 0 aliphatic heterocycles. The quantitative estimate of drug-likeness (QED) is 0.249. The third kappa shape index (κ3) is 15.9. The standard InChI is InChI=1S/C18H33F3O2/c1-2-3-4-5-6-7-8-9-10-11-12-13-14-15-16-23-17(22)18(19,20)21/h2-16H2,1H3. The molecule has 0 unspecified atom stereocenters. The van der Waals surface area contributed by atoms with E-state index in [1.807, 2.05) is 0 Å². The third-order valence-corrected chi connectivity index (χ3v) is 3.96. The van der Waals surface area contributed by atoms with Crippen molar-refractivity contribution < 1.29 is 22.7 Å². The fraction of sp³-hybridized carbons (Fsp3) is 0.944. The van der Waals surface area contributed by atoms with Gasteiger partial charge in [-0.3, -0.25) is 0 Å². The first kappa shape index (κ1) is 22.3. The van der Waals surface area contributed by atoms with Crippen LogP contribution in [0.25, 0.3) is 0 Å². The first-order valence-corrected chi connectivity index (χ1v) is 9.22. The average Bonchev–Trinajstić information content (AvgIpc) is 2.50. The van der Waals surface area contributed by atoms with Crippen molar-refractivity contribution >= 4 is 5.97 Å². The van der Waals surface area contributed by atoms with Gasteiger partial charge in [0, 0.05) is 0 Å². The van der Waals surface area contributed by atoms with Gasteiger partial charge in [0.15, 0.2) is 0 Å². The van der Waals surface area contributed by atoms with Crippen LogP contribution in [0.2, 0.25) is 0 Å². The van der Waals surface area contributed by atoms with Crippen molar-refractivity contribution in [2.45, 2.75) is 103 Å². The normalized spacial score (nSPS) is 11.7. The SMILES string of the molecule is CCCCCCCCCCCCCCCCOC(=O)C(F)(F)F. The van der Waals surface area contributed by atoms with Gasteiger partial charge in [0.25, 0.3) is 0 Å². The van der Waals surface area contributed by atoms with E-state index in [0.29, 0.717) is 6.42 Å². The van der Waals surface area contributed by atoms with Gasteiger partial charge in [-0.2, -0.15) is 13.2 Å². The number of hydrogen-bond acceptors (Lipinski definition) is 2. The summed E-state index contributed by atoms with van der Waals surface area (Å²) in [5, 5.41) is 0. The molecule has 0 amide bonds. The predicted molar refractivity (Wildman–Crippen MR) is 87.3 cm³/mol. The van der Waals surface area contributed by atoms with Gasteiger partial charge in [-0.25, -0.2) is 4.79 Å². The number of carbonyl (C=O) groups is 1. The van der Waals surface area contributed by atoms with Crippen LogP contribution in [0, 0.1) is 0 Å². The lowest BCUT2D eigenvalue weighted by Crippen LogP contribution is -2.25. The lowest BCUT2D eigenvalue weighted by molar-refractivity contribution is -0.199. The molecule has 0 aromatic carbocycles. The second-order valence-corrected chi connectivity index (χ2v) is 6.23. The second-order valence-electron chi connectivity index (χ2n) is 6.23. The second kappa shape index (κ2) is 14.8. The highest BCUT2D eigenvalue weighted by Crippen LogP contribution is 2.17. The molecule has 2 nitrogen and oxygen atoms in total. The molecule has 0 aromatic heterocycles. The van der Waals surface area contributed by atoms with Crippen molar-refractivity contribution in [3.63, 3.8) is 0 Å². The van der Waals surface area contributed by atoms with Crippen molar-refractivity contribution in [3.05, 3.63) is 0 Å². The summed E-state index contributed by atoms with van der Waals surface area (Å²) in [4.78, 5) is 10.5. The Balaban J connectivity index is 3.12. The summed E-state index contributed by atoms with van der Waals surface area (Å²) >= 11 is 0. The van der Waals surface area contributed by atoms with Crippen LogP contribution >= 0.6 is 0 Å². The summed E-state index contributed by atoms with van der Waals surface area (Å²) in [6, 6.07) is 0. The fourth-order valence-electron chi connectivity index (χ4n) is 2.54. The number of hydrogen-bond donors (Lipinski definition) is 0. The third-order valence-electron chi connectivity index (χ3n) is 3.96. The van der Waals surface area contributed by atoms with E-state index in [0.717, 1.165) is 19.3 Å².